The first kappa shape index (κ1) is 17.4. The van der Waals surface area contributed by atoms with E-state index in [1.807, 2.05) is 6.92 Å². The zero-order valence-corrected chi connectivity index (χ0v) is 13.2. The van der Waals surface area contributed by atoms with E-state index in [9.17, 15) is 22.2 Å². The van der Waals surface area contributed by atoms with Crippen LogP contribution in [0.2, 0.25) is 0 Å². The second kappa shape index (κ2) is 6.65. The molecule has 1 N–H and O–H groups in total. The van der Waals surface area contributed by atoms with Gasteiger partial charge in [-0.1, -0.05) is 12.1 Å². The lowest BCUT2D eigenvalue weighted by molar-refractivity contribution is -0.141. The van der Waals surface area contributed by atoms with Crippen molar-refractivity contribution in [3.05, 3.63) is 45.0 Å². The fourth-order valence-electron chi connectivity index (χ4n) is 1.99. The zero-order valence-electron chi connectivity index (χ0n) is 12.4. The van der Waals surface area contributed by atoms with E-state index in [1.54, 1.807) is 6.92 Å². The molecule has 0 saturated heterocycles. The van der Waals surface area contributed by atoms with Gasteiger partial charge in [0.1, 0.15) is 11.6 Å². The highest BCUT2D eigenvalue weighted by Crippen LogP contribution is 2.26. The van der Waals surface area contributed by atoms with E-state index in [0.29, 0.717) is 29.5 Å². The van der Waals surface area contributed by atoms with Gasteiger partial charge >= 0.3 is 6.18 Å². The molecule has 0 amide bonds. The first-order chi connectivity index (χ1) is 10.7. The van der Waals surface area contributed by atoms with Crippen molar-refractivity contribution >= 4 is 10.8 Å². The molecule has 126 valence electrons. The van der Waals surface area contributed by atoms with Gasteiger partial charge in [0.25, 0.3) is 5.56 Å². The van der Waals surface area contributed by atoms with Gasteiger partial charge in [-0.25, -0.2) is 4.98 Å². The Balaban J connectivity index is 2.19. The number of nitrogens with zero attached hydrogens (tertiary/aromatic N) is 2. The smallest absolute Gasteiger partial charge is 0.361 e. The van der Waals surface area contributed by atoms with Crippen molar-refractivity contribution in [2.45, 2.75) is 38.0 Å². The number of aromatic amines is 1. The van der Waals surface area contributed by atoms with Gasteiger partial charge in [-0.2, -0.15) is 13.2 Å². The summed E-state index contributed by atoms with van der Waals surface area (Å²) in [6, 6.07) is 0.367. The third-order valence-electron chi connectivity index (χ3n) is 3.09. The maximum absolute atomic E-state index is 12.6. The summed E-state index contributed by atoms with van der Waals surface area (Å²) >= 11 is 0. The molecule has 10 heteroatoms. The van der Waals surface area contributed by atoms with Gasteiger partial charge in [0.15, 0.2) is 5.69 Å². The lowest BCUT2D eigenvalue weighted by Gasteiger charge is -2.07. The molecule has 0 aromatic carbocycles. The number of rotatable bonds is 5. The third kappa shape index (κ3) is 4.27. The topological polar surface area (TPSA) is 88.8 Å². The second-order valence-corrected chi connectivity index (χ2v) is 6.28. The summed E-state index contributed by atoms with van der Waals surface area (Å²) in [7, 11) is -1.57. The highest BCUT2D eigenvalue weighted by atomic mass is 32.2. The molecule has 2 aromatic heterocycles. The van der Waals surface area contributed by atoms with E-state index in [0.717, 1.165) is 0 Å². The second-order valence-electron chi connectivity index (χ2n) is 4.82. The number of H-pyrrole nitrogens is 1. The van der Waals surface area contributed by atoms with E-state index in [-0.39, 0.29) is 17.3 Å². The summed E-state index contributed by atoms with van der Waals surface area (Å²) in [5, 5.41) is 3.82. The summed E-state index contributed by atoms with van der Waals surface area (Å²) in [4.78, 5) is 16.8. The monoisotopic (exact) mass is 349 g/mol. The predicted molar refractivity (Wildman–Crippen MR) is 76.0 cm³/mol. The molecule has 0 radical (unpaired) electrons. The molecule has 0 aliphatic heterocycles. The number of halogens is 3. The Morgan fingerprint density at radius 1 is 1.35 bits per heavy atom. The van der Waals surface area contributed by atoms with Gasteiger partial charge in [-0.3, -0.25) is 9.00 Å². The molecule has 0 fully saturated rings. The average Bonchev–Trinajstić information content (AvgIpc) is 2.78. The quantitative estimate of drug-likeness (QED) is 0.893. The highest BCUT2D eigenvalue weighted by molar-refractivity contribution is 7.83. The lowest BCUT2D eigenvalue weighted by atomic mass is 10.2. The fraction of sp³-hybridized carbons (Fsp3) is 0.462. The average molecular weight is 349 g/mol. The molecule has 2 aromatic rings. The van der Waals surface area contributed by atoms with Crippen LogP contribution in [0.1, 0.15) is 35.5 Å². The van der Waals surface area contributed by atoms with Crippen LogP contribution in [0.15, 0.2) is 15.4 Å². The summed E-state index contributed by atoms with van der Waals surface area (Å²) in [6.45, 7) is 3.53. The molecule has 6 nitrogen and oxygen atoms in total. The van der Waals surface area contributed by atoms with Crippen LogP contribution in [-0.4, -0.2) is 19.3 Å². The van der Waals surface area contributed by atoms with E-state index in [2.05, 4.69) is 15.1 Å². The zero-order chi connectivity index (χ0) is 17.2. The van der Waals surface area contributed by atoms with Crippen LogP contribution < -0.4 is 5.56 Å². The van der Waals surface area contributed by atoms with Crippen molar-refractivity contribution < 1.29 is 21.9 Å². The standard InChI is InChI=1S/C13H14F3N3O3S/c1-3-9-8(7(2)22-19-9)5-23(21)6-11-17-10(13(14,15)16)4-12(20)18-11/h4H,3,5-6H2,1-2H3,(H,17,18,20). The van der Waals surface area contributed by atoms with Gasteiger partial charge in [0, 0.05) is 22.4 Å². The van der Waals surface area contributed by atoms with Gasteiger partial charge in [-0.05, 0) is 13.3 Å². The summed E-state index contributed by atoms with van der Waals surface area (Å²) < 4.78 is 55.1. The normalized spacial score (nSPS) is 13.3. The summed E-state index contributed by atoms with van der Waals surface area (Å²) in [6.07, 6.45) is -4.15. The largest absolute Gasteiger partial charge is 0.433 e. The van der Waals surface area contributed by atoms with Crippen molar-refractivity contribution in [1.29, 1.82) is 0 Å². The molecule has 1 unspecified atom stereocenters. The minimum Gasteiger partial charge on any atom is -0.361 e. The van der Waals surface area contributed by atoms with Gasteiger partial charge in [-0.15, -0.1) is 0 Å². The number of aryl methyl sites for hydroxylation is 2. The predicted octanol–water partition coefficient (Wildman–Crippen LogP) is 2.10. The Kier molecular flexibility index (Phi) is 5.03. The molecular formula is C13H14F3N3O3S. The van der Waals surface area contributed by atoms with Crippen molar-refractivity contribution in [3.8, 4) is 0 Å². The maximum atomic E-state index is 12.6. The van der Waals surface area contributed by atoms with Gasteiger partial charge < -0.3 is 9.51 Å². The minimum atomic E-state index is -4.73. The Morgan fingerprint density at radius 3 is 2.65 bits per heavy atom. The van der Waals surface area contributed by atoms with Crippen molar-refractivity contribution in [2.24, 2.45) is 0 Å². The van der Waals surface area contributed by atoms with Crippen LogP contribution in [0.25, 0.3) is 0 Å². The highest BCUT2D eigenvalue weighted by Gasteiger charge is 2.33. The Bertz CT molecular complexity index is 783. The lowest BCUT2D eigenvalue weighted by Crippen LogP contribution is -2.19. The van der Waals surface area contributed by atoms with Crippen LogP contribution in [0.4, 0.5) is 13.2 Å². The number of alkyl halides is 3. The molecule has 0 aliphatic carbocycles. The molecule has 0 saturated carbocycles. The number of nitrogens with one attached hydrogen (secondary N) is 1. The van der Waals surface area contributed by atoms with Crippen LogP contribution in [0.3, 0.4) is 0 Å². The van der Waals surface area contributed by atoms with Gasteiger partial charge in [0.2, 0.25) is 0 Å². The van der Waals surface area contributed by atoms with Crippen LogP contribution >= 0.6 is 0 Å². The number of aromatic nitrogens is 3. The Morgan fingerprint density at radius 2 is 2.04 bits per heavy atom. The third-order valence-corrected chi connectivity index (χ3v) is 4.29. The van der Waals surface area contributed by atoms with Crippen molar-refractivity contribution in [3.63, 3.8) is 0 Å². The van der Waals surface area contributed by atoms with E-state index >= 15 is 0 Å². The maximum Gasteiger partial charge on any atom is 0.433 e. The van der Waals surface area contributed by atoms with Gasteiger partial charge in [0.05, 0.1) is 17.2 Å². The Labute approximate surface area is 131 Å². The SMILES string of the molecule is CCc1noc(C)c1CS(=O)Cc1nc(C(F)(F)F)cc(=O)[nH]1. The first-order valence-electron chi connectivity index (χ1n) is 6.67. The molecule has 0 bridgehead atoms. The first-order valence-corrected chi connectivity index (χ1v) is 8.16. The summed E-state index contributed by atoms with van der Waals surface area (Å²) in [5.74, 6) is 0.0155. The van der Waals surface area contributed by atoms with Crippen LogP contribution in [0.5, 0.6) is 0 Å². The van der Waals surface area contributed by atoms with E-state index < -0.39 is 28.2 Å². The molecule has 1 atom stereocenters. The van der Waals surface area contributed by atoms with Crippen molar-refractivity contribution in [1.82, 2.24) is 15.1 Å². The van der Waals surface area contributed by atoms with Crippen LogP contribution in [-0.2, 0) is 34.9 Å². The molecular weight excluding hydrogens is 335 g/mol. The number of hydrogen-bond donors (Lipinski definition) is 1. The molecule has 23 heavy (non-hydrogen) atoms. The molecule has 0 spiro atoms. The van der Waals surface area contributed by atoms with Crippen molar-refractivity contribution in [2.75, 3.05) is 0 Å². The molecule has 0 aliphatic rings. The van der Waals surface area contributed by atoms with Crippen LogP contribution in [0, 0.1) is 6.92 Å². The molecule has 2 heterocycles. The Hall–Kier alpha value is -1.97. The summed E-state index contributed by atoms with van der Waals surface area (Å²) in [5.41, 5.74) is -0.917. The fourth-order valence-corrected chi connectivity index (χ4v) is 3.22. The number of hydrogen-bond acceptors (Lipinski definition) is 5. The minimum absolute atomic E-state index is 0.0679. The van der Waals surface area contributed by atoms with E-state index in [4.69, 9.17) is 4.52 Å². The van der Waals surface area contributed by atoms with E-state index in [1.165, 1.54) is 0 Å². The molecule has 2 rings (SSSR count).